The van der Waals surface area contributed by atoms with Crippen molar-refractivity contribution in [3.63, 3.8) is 0 Å². The molecule has 0 unspecified atom stereocenters. The molecule has 4 heterocycles. The average Bonchev–Trinajstić information content (AvgIpc) is 3.70. The van der Waals surface area contributed by atoms with Crippen LogP contribution in [-0.2, 0) is 17.9 Å². The smallest absolute Gasteiger partial charge is 0.416 e. The number of pyridine rings is 1. The van der Waals surface area contributed by atoms with Crippen LogP contribution in [0, 0.1) is 0 Å². The molecule has 46 heavy (non-hydrogen) atoms. The molecule has 3 aromatic heterocycles. The molecular formula is C34H32ClN5O5S. The highest BCUT2D eigenvalue weighted by atomic mass is 35.5. The second-order valence-electron chi connectivity index (χ2n) is 10.7. The lowest BCUT2D eigenvalue weighted by Gasteiger charge is -2.26. The maximum atomic E-state index is 13.7. The third-order valence-electron chi connectivity index (χ3n) is 7.70. The van der Waals surface area contributed by atoms with E-state index in [2.05, 4.69) is 4.98 Å². The Morgan fingerprint density at radius 3 is 2.39 bits per heavy atom. The summed E-state index contributed by atoms with van der Waals surface area (Å²) in [6, 6.07) is 20.3. The highest BCUT2D eigenvalue weighted by Gasteiger charge is 2.24. The van der Waals surface area contributed by atoms with Gasteiger partial charge in [-0.15, -0.1) is 0 Å². The Morgan fingerprint density at radius 2 is 1.70 bits per heavy atom. The first kappa shape index (κ1) is 31.1. The van der Waals surface area contributed by atoms with Crippen molar-refractivity contribution < 1.29 is 23.8 Å². The molecule has 0 radical (unpaired) electrons. The zero-order chi connectivity index (χ0) is 32.0. The third kappa shape index (κ3) is 7.00. The number of halogens is 1. The van der Waals surface area contributed by atoms with E-state index in [1.165, 1.54) is 11.3 Å². The molecule has 2 aromatic carbocycles. The molecule has 0 atom stereocenters. The monoisotopic (exact) mass is 657 g/mol. The predicted molar refractivity (Wildman–Crippen MR) is 177 cm³/mol. The van der Waals surface area contributed by atoms with Crippen LogP contribution < -0.4 is 19.1 Å². The van der Waals surface area contributed by atoms with Crippen LogP contribution in [0.5, 0.6) is 16.6 Å². The van der Waals surface area contributed by atoms with Crippen LogP contribution in [0.3, 0.4) is 0 Å². The lowest BCUT2D eigenvalue weighted by Crippen LogP contribution is -2.35. The number of methoxy groups -OCH3 is 2. The fraction of sp³-hybridized carbons (Fsp3) is 0.235. The molecule has 6 rings (SSSR count). The summed E-state index contributed by atoms with van der Waals surface area (Å²) >= 11 is 7.29. The van der Waals surface area contributed by atoms with E-state index in [-0.39, 0.29) is 19.0 Å². The van der Waals surface area contributed by atoms with E-state index in [0.717, 1.165) is 47.5 Å². The normalized spacial score (nSPS) is 13.0. The van der Waals surface area contributed by atoms with E-state index in [9.17, 15) is 9.59 Å². The van der Waals surface area contributed by atoms with Crippen molar-refractivity contribution in [2.24, 2.45) is 0 Å². The number of hydrogen-bond donors (Lipinski definition) is 0. The van der Waals surface area contributed by atoms with Gasteiger partial charge in [0.05, 0.1) is 43.0 Å². The molecule has 0 saturated carbocycles. The highest BCUT2D eigenvalue weighted by molar-refractivity contribution is 7.17. The van der Waals surface area contributed by atoms with Gasteiger partial charge in [-0.2, -0.15) is 5.10 Å². The van der Waals surface area contributed by atoms with Gasteiger partial charge in [-0.1, -0.05) is 22.9 Å². The molecule has 1 fully saturated rings. The van der Waals surface area contributed by atoms with E-state index in [4.69, 9.17) is 30.9 Å². The van der Waals surface area contributed by atoms with Crippen LogP contribution in [0.15, 0.2) is 85.3 Å². The van der Waals surface area contributed by atoms with Crippen molar-refractivity contribution in [3.8, 4) is 33.5 Å². The number of anilines is 1. The summed E-state index contributed by atoms with van der Waals surface area (Å²) < 4.78 is 19.1. The summed E-state index contributed by atoms with van der Waals surface area (Å²) in [6.07, 6.45) is 7.25. The molecule has 0 bridgehead atoms. The second kappa shape index (κ2) is 14.1. The molecule has 12 heteroatoms. The van der Waals surface area contributed by atoms with Gasteiger partial charge in [-0.3, -0.25) is 14.7 Å². The maximum Gasteiger partial charge on any atom is 0.416 e. The number of ether oxygens (including phenoxy) is 3. The Labute approximate surface area is 275 Å². The van der Waals surface area contributed by atoms with Gasteiger partial charge in [0, 0.05) is 60.0 Å². The van der Waals surface area contributed by atoms with Crippen molar-refractivity contribution in [1.29, 1.82) is 0 Å². The highest BCUT2D eigenvalue weighted by Crippen LogP contribution is 2.32. The van der Waals surface area contributed by atoms with Gasteiger partial charge in [-0.25, -0.2) is 9.48 Å². The molecule has 236 valence electrons. The number of rotatable bonds is 10. The number of nitrogens with zero attached hydrogens (tertiary/aromatic N) is 5. The molecule has 1 aliphatic heterocycles. The molecule has 5 aromatic rings. The standard InChI is InChI=1S/C34H32ClN5O5S/c1-43-28-11-6-24(29(19-28)44-2)20-38(34(42)45-32-13-12-30(35)46-32)21-25-22-40(37-33(25)23-14-16-36-17-15-23)27-9-7-26(8-10-27)39-18-4-3-5-31(39)41/h6-17,19,22H,3-5,18,20-21H2,1-2H3. The Balaban J connectivity index is 1.35. The number of benzene rings is 2. The number of aromatic nitrogens is 3. The van der Waals surface area contributed by atoms with Crippen LogP contribution >= 0.6 is 22.9 Å². The minimum atomic E-state index is -0.555. The summed E-state index contributed by atoms with van der Waals surface area (Å²) in [4.78, 5) is 33.8. The van der Waals surface area contributed by atoms with Crippen LogP contribution in [0.25, 0.3) is 16.9 Å². The topological polar surface area (TPSA) is 99.0 Å². The van der Waals surface area contributed by atoms with Gasteiger partial charge >= 0.3 is 6.09 Å². The van der Waals surface area contributed by atoms with Crippen molar-refractivity contribution >= 4 is 40.6 Å². The minimum Gasteiger partial charge on any atom is -0.497 e. The lowest BCUT2D eigenvalue weighted by molar-refractivity contribution is -0.119. The molecule has 0 aliphatic carbocycles. The van der Waals surface area contributed by atoms with Gasteiger partial charge in [-0.05, 0) is 73.5 Å². The van der Waals surface area contributed by atoms with E-state index in [1.54, 1.807) is 54.4 Å². The number of thiophene rings is 1. The van der Waals surface area contributed by atoms with E-state index in [0.29, 0.717) is 33.0 Å². The van der Waals surface area contributed by atoms with E-state index >= 15 is 0 Å². The number of hydrogen-bond acceptors (Lipinski definition) is 8. The fourth-order valence-corrected chi connectivity index (χ4v) is 6.22. The van der Waals surface area contributed by atoms with Crippen LogP contribution in [-0.4, -0.2) is 52.4 Å². The molecule has 1 saturated heterocycles. The van der Waals surface area contributed by atoms with Gasteiger partial charge < -0.3 is 19.1 Å². The van der Waals surface area contributed by atoms with E-state index in [1.807, 2.05) is 59.6 Å². The number of piperidine rings is 1. The summed E-state index contributed by atoms with van der Waals surface area (Å²) in [5, 5.41) is 5.33. The first-order valence-corrected chi connectivity index (χ1v) is 15.9. The Kier molecular flexibility index (Phi) is 9.51. The number of amides is 2. The van der Waals surface area contributed by atoms with Gasteiger partial charge in [0.2, 0.25) is 5.91 Å². The third-order valence-corrected chi connectivity index (χ3v) is 8.81. The van der Waals surface area contributed by atoms with Crippen LogP contribution in [0.1, 0.15) is 30.4 Å². The molecule has 2 amide bonds. The summed E-state index contributed by atoms with van der Waals surface area (Å²) in [6.45, 7) is 1.08. The molecule has 10 nitrogen and oxygen atoms in total. The largest absolute Gasteiger partial charge is 0.497 e. The van der Waals surface area contributed by atoms with E-state index < -0.39 is 6.09 Å². The number of carbonyl (C=O) groups excluding carboxylic acids is 2. The molecular weight excluding hydrogens is 626 g/mol. The quantitative estimate of drug-likeness (QED) is 0.154. The molecule has 0 spiro atoms. The van der Waals surface area contributed by atoms with Crippen molar-refractivity contribution in [2.45, 2.75) is 32.4 Å². The Hall–Kier alpha value is -4.87. The minimum absolute atomic E-state index is 0.144. The fourth-order valence-electron chi connectivity index (χ4n) is 5.36. The van der Waals surface area contributed by atoms with Crippen molar-refractivity contribution in [1.82, 2.24) is 19.7 Å². The molecule has 0 N–H and O–H groups in total. The first-order valence-electron chi connectivity index (χ1n) is 14.7. The van der Waals surface area contributed by atoms with Gasteiger partial charge in [0.25, 0.3) is 0 Å². The first-order chi connectivity index (χ1) is 22.4. The zero-order valence-corrected chi connectivity index (χ0v) is 27.0. The van der Waals surface area contributed by atoms with Crippen molar-refractivity contribution in [3.05, 3.63) is 101 Å². The van der Waals surface area contributed by atoms with Crippen molar-refractivity contribution in [2.75, 3.05) is 25.7 Å². The maximum absolute atomic E-state index is 13.7. The average molecular weight is 658 g/mol. The second-order valence-corrected chi connectivity index (χ2v) is 12.3. The lowest BCUT2D eigenvalue weighted by atomic mass is 10.1. The molecule has 1 aliphatic rings. The zero-order valence-electron chi connectivity index (χ0n) is 25.4. The summed E-state index contributed by atoms with van der Waals surface area (Å²) in [5.74, 6) is 1.36. The van der Waals surface area contributed by atoms with Crippen LogP contribution in [0.2, 0.25) is 4.34 Å². The SMILES string of the molecule is COc1ccc(CN(Cc2cn(-c3ccc(N4CCCCC4=O)cc3)nc2-c2ccncc2)C(=O)Oc2ccc(Cl)s2)c(OC)c1. The Bertz CT molecular complexity index is 1830. The van der Waals surface area contributed by atoms with Crippen LogP contribution in [0.4, 0.5) is 10.5 Å². The van der Waals surface area contributed by atoms with Gasteiger partial charge in [0.15, 0.2) is 5.06 Å². The summed E-state index contributed by atoms with van der Waals surface area (Å²) in [7, 11) is 3.16. The summed E-state index contributed by atoms with van der Waals surface area (Å²) in [5.41, 5.74) is 4.77. The van der Waals surface area contributed by atoms with Gasteiger partial charge in [0.1, 0.15) is 11.5 Å². The predicted octanol–water partition coefficient (Wildman–Crippen LogP) is 7.38. The number of carbonyl (C=O) groups is 2. The Morgan fingerprint density at radius 1 is 0.935 bits per heavy atom.